The molecule has 6 atom stereocenters. The summed E-state index contributed by atoms with van der Waals surface area (Å²) < 4.78 is 0. The fourth-order valence-electron chi connectivity index (χ4n) is 5.13. The van der Waals surface area contributed by atoms with Gasteiger partial charge in [0.15, 0.2) is 5.78 Å². The van der Waals surface area contributed by atoms with Gasteiger partial charge in [-0.3, -0.25) is 14.4 Å². The summed E-state index contributed by atoms with van der Waals surface area (Å²) in [6.45, 7) is 3.86. The van der Waals surface area contributed by atoms with E-state index in [0.717, 1.165) is 32.1 Å². The molecule has 1 heterocycles. The van der Waals surface area contributed by atoms with Gasteiger partial charge in [0.25, 0.3) is 5.91 Å². The molecule has 0 radical (unpaired) electrons. The predicted molar refractivity (Wildman–Crippen MR) is 99.9 cm³/mol. The van der Waals surface area contributed by atoms with Crippen LogP contribution in [-0.4, -0.2) is 45.9 Å². The molecular formula is C21H29NO5. The van der Waals surface area contributed by atoms with Crippen molar-refractivity contribution in [1.29, 1.82) is 0 Å². The first-order valence-corrected chi connectivity index (χ1v) is 9.95. The second kappa shape index (κ2) is 7.49. The predicted octanol–water partition coefficient (Wildman–Crippen LogP) is 2.95. The van der Waals surface area contributed by atoms with Crippen LogP contribution in [0.5, 0.6) is 0 Å². The van der Waals surface area contributed by atoms with Gasteiger partial charge in [0.05, 0.1) is 12.0 Å². The molecule has 2 aliphatic carbocycles. The monoisotopic (exact) mass is 375 g/mol. The van der Waals surface area contributed by atoms with Gasteiger partial charge in [0, 0.05) is 13.0 Å². The first-order chi connectivity index (χ1) is 12.8. The summed E-state index contributed by atoms with van der Waals surface area (Å²) in [5.41, 5.74) is -0.196. The summed E-state index contributed by atoms with van der Waals surface area (Å²) in [5.74, 6) is -3.72. The largest absolute Gasteiger partial charge is 0.511 e. The van der Waals surface area contributed by atoms with Crippen molar-refractivity contribution in [3.05, 3.63) is 23.5 Å². The number of ketones is 1. The molecular weight excluding hydrogens is 346 g/mol. The van der Waals surface area contributed by atoms with Crippen molar-refractivity contribution in [2.24, 2.45) is 29.6 Å². The number of hydrogen-bond acceptors (Lipinski definition) is 4. The Morgan fingerprint density at radius 3 is 2.52 bits per heavy atom. The van der Waals surface area contributed by atoms with E-state index >= 15 is 0 Å². The van der Waals surface area contributed by atoms with Crippen molar-refractivity contribution < 1.29 is 24.6 Å². The molecule has 27 heavy (non-hydrogen) atoms. The minimum absolute atomic E-state index is 0.0271. The van der Waals surface area contributed by atoms with E-state index in [-0.39, 0.29) is 34.9 Å². The topological polar surface area (TPSA) is 94.9 Å². The number of hydrogen-bond donors (Lipinski definition) is 2. The molecule has 1 amide bonds. The number of aliphatic hydroxyl groups is 1. The number of rotatable bonds is 4. The highest BCUT2D eigenvalue weighted by molar-refractivity contribution is 6.26. The first-order valence-electron chi connectivity index (χ1n) is 9.95. The number of carbonyl (C=O) groups is 3. The summed E-state index contributed by atoms with van der Waals surface area (Å²) in [4.78, 5) is 39.0. The third-order valence-corrected chi connectivity index (χ3v) is 6.80. The molecule has 0 spiro atoms. The smallest absolute Gasteiger partial charge is 0.311 e. The van der Waals surface area contributed by atoms with E-state index < -0.39 is 29.8 Å². The highest BCUT2D eigenvalue weighted by Gasteiger charge is 2.50. The van der Waals surface area contributed by atoms with Gasteiger partial charge in [-0.25, -0.2) is 0 Å². The van der Waals surface area contributed by atoms with Crippen LogP contribution in [0.2, 0.25) is 0 Å². The van der Waals surface area contributed by atoms with Crippen molar-refractivity contribution >= 4 is 17.7 Å². The van der Waals surface area contributed by atoms with Gasteiger partial charge in [-0.05, 0) is 30.6 Å². The summed E-state index contributed by atoms with van der Waals surface area (Å²) in [7, 11) is 1.58. The Labute approximate surface area is 159 Å². The number of aliphatic carboxylic acids is 1. The summed E-state index contributed by atoms with van der Waals surface area (Å²) >= 11 is 0. The lowest BCUT2D eigenvalue weighted by Crippen LogP contribution is -2.39. The Morgan fingerprint density at radius 1 is 1.22 bits per heavy atom. The third-order valence-electron chi connectivity index (χ3n) is 6.80. The second-order valence-corrected chi connectivity index (χ2v) is 8.26. The molecule has 0 aromatic rings. The first kappa shape index (κ1) is 19.6. The second-order valence-electron chi connectivity index (χ2n) is 8.26. The SMILES string of the molecule is CC[C@H](C)[C@H]1C(=O)C(=C(O)[C@@H]2[C@H]3CCCC[C@H]3C=C[C@H]2C(=O)O)C(=O)N1C. The molecule has 0 unspecified atom stereocenters. The lowest BCUT2D eigenvalue weighted by molar-refractivity contribution is -0.143. The fourth-order valence-corrected chi connectivity index (χ4v) is 5.13. The maximum absolute atomic E-state index is 13.0. The number of allylic oxidation sites excluding steroid dienone is 2. The summed E-state index contributed by atoms with van der Waals surface area (Å²) in [5, 5.41) is 20.8. The zero-order valence-electron chi connectivity index (χ0n) is 16.2. The lowest BCUT2D eigenvalue weighted by Gasteiger charge is -2.40. The van der Waals surface area contributed by atoms with Crippen LogP contribution >= 0.6 is 0 Å². The van der Waals surface area contributed by atoms with Crippen molar-refractivity contribution in [2.45, 2.75) is 52.0 Å². The Balaban J connectivity index is 2.06. The van der Waals surface area contributed by atoms with Crippen molar-refractivity contribution in [2.75, 3.05) is 7.05 Å². The highest BCUT2D eigenvalue weighted by atomic mass is 16.4. The standard InChI is InChI=1S/C21H29NO5/c1-4-11(2)17-19(24)16(20(25)22(17)3)18(23)15-13-8-6-5-7-12(13)9-10-14(15)21(26)27/h9-15,17,23H,4-8H2,1-3H3,(H,26,27)/t11-,12-,13-,14+,15+,17-/m0/s1. The van der Waals surface area contributed by atoms with Gasteiger partial charge in [-0.15, -0.1) is 0 Å². The number of fused-ring (bicyclic) bond motifs is 1. The van der Waals surface area contributed by atoms with Gasteiger partial charge in [0.2, 0.25) is 0 Å². The van der Waals surface area contributed by atoms with Gasteiger partial charge in [-0.2, -0.15) is 0 Å². The highest BCUT2D eigenvalue weighted by Crippen LogP contribution is 2.47. The van der Waals surface area contributed by atoms with E-state index in [2.05, 4.69) is 0 Å². The van der Waals surface area contributed by atoms with E-state index in [4.69, 9.17) is 0 Å². The average Bonchev–Trinajstić information content (AvgIpc) is 2.88. The van der Waals surface area contributed by atoms with E-state index in [1.165, 1.54) is 4.90 Å². The van der Waals surface area contributed by atoms with Crippen LogP contribution in [0.4, 0.5) is 0 Å². The van der Waals surface area contributed by atoms with Crippen LogP contribution in [0.25, 0.3) is 0 Å². The average molecular weight is 375 g/mol. The van der Waals surface area contributed by atoms with Crippen LogP contribution in [-0.2, 0) is 14.4 Å². The molecule has 1 saturated carbocycles. The lowest BCUT2D eigenvalue weighted by atomic mass is 9.63. The molecule has 2 fully saturated rings. The van der Waals surface area contributed by atoms with E-state index in [1.807, 2.05) is 19.9 Å². The van der Waals surface area contributed by atoms with Crippen molar-refractivity contribution in [3.63, 3.8) is 0 Å². The zero-order chi connectivity index (χ0) is 19.9. The Kier molecular flexibility index (Phi) is 5.45. The molecule has 148 valence electrons. The Hall–Kier alpha value is -2.11. The van der Waals surface area contributed by atoms with Gasteiger partial charge < -0.3 is 15.1 Å². The minimum atomic E-state index is -1.03. The molecule has 2 N–H and O–H groups in total. The molecule has 3 rings (SSSR count). The molecule has 6 heteroatoms. The number of amides is 1. The van der Waals surface area contributed by atoms with Crippen LogP contribution in [0.15, 0.2) is 23.5 Å². The number of nitrogens with zero attached hydrogens (tertiary/aromatic N) is 1. The number of carboxylic acids is 1. The molecule has 1 aliphatic heterocycles. The van der Waals surface area contributed by atoms with E-state index in [0.29, 0.717) is 0 Å². The quantitative estimate of drug-likeness (QED) is 0.341. The van der Waals surface area contributed by atoms with Gasteiger partial charge >= 0.3 is 5.97 Å². The fraction of sp³-hybridized carbons (Fsp3) is 0.667. The molecule has 1 saturated heterocycles. The van der Waals surface area contributed by atoms with Gasteiger partial charge in [-0.1, -0.05) is 45.3 Å². The number of Topliss-reactive ketones (excluding diaryl/α,β-unsaturated/α-hetero) is 1. The number of carbonyl (C=O) groups excluding carboxylic acids is 2. The van der Waals surface area contributed by atoms with E-state index in [1.54, 1.807) is 13.1 Å². The minimum Gasteiger partial charge on any atom is -0.511 e. The zero-order valence-corrected chi connectivity index (χ0v) is 16.2. The van der Waals surface area contributed by atoms with E-state index in [9.17, 15) is 24.6 Å². The molecule has 0 aromatic carbocycles. The maximum Gasteiger partial charge on any atom is 0.311 e. The Bertz CT molecular complexity index is 709. The molecule has 6 nitrogen and oxygen atoms in total. The van der Waals surface area contributed by atoms with Crippen molar-refractivity contribution in [1.82, 2.24) is 4.90 Å². The number of likely N-dealkylation sites (N-methyl/N-ethyl adjacent to an activating group) is 1. The summed E-state index contributed by atoms with van der Waals surface area (Å²) in [6, 6.07) is -0.593. The molecule has 0 bridgehead atoms. The maximum atomic E-state index is 13.0. The van der Waals surface area contributed by atoms with Crippen LogP contribution in [0, 0.1) is 29.6 Å². The molecule has 3 aliphatic rings. The number of aliphatic hydroxyl groups excluding tert-OH is 1. The van der Waals surface area contributed by atoms with Crippen LogP contribution in [0.1, 0.15) is 46.0 Å². The van der Waals surface area contributed by atoms with Crippen LogP contribution < -0.4 is 0 Å². The van der Waals surface area contributed by atoms with Crippen LogP contribution in [0.3, 0.4) is 0 Å². The number of likely N-dealkylation sites (tertiary alicyclic amines) is 1. The van der Waals surface area contributed by atoms with Gasteiger partial charge in [0.1, 0.15) is 11.3 Å². The Morgan fingerprint density at radius 2 is 1.89 bits per heavy atom. The third kappa shape index (κ3) is 3.19. The summed E-state index contributed by atoms with van der Waals surface area (Å²) in [6.07, 6.45) is 8.11. The van der Waals surface area contributed by atoms with Crippen molar-refractivity contribution in [3.8, 4) is 0 Å². The normalized spacial score (nSPS) is 36.6. The molecule has 0 aromatic heterocycles. The number of carboxylic acid groups (broad SMARTS) is 1.